The average Bonchev–Trinajstić information content (AvgIpc) is 3.88. The summed E-state index contributed by atoms with van der Waals surface area (Å²) in [6.07, 6.45) is 0.687. The van der Waals surface area contributed by atoms with Gasteiger partial charge in [0.25, 0.3) is 0 Å². The van der Waals surface area contributed by atoms with Crippen LogP contribution >= 0.6 is 0 Å². The summed E-state index contributed by atoms with van der Waals surface area (Å²) in [5.74, 6) is 0.193. The predicted octanol–water partition coefficient (Wildman–Crippen LogP) is 8.85. The van der Waals surface area contributed by atoms with Crippen LogP contribution in [0.1, 0.15) is 118 Å². The number of ether oxygens (including phenoxy) is 10. The molecule has 380 valence electrons. The van der Waals surface area contributed by atoms with Crippen LogP contribution in [0.25, 0.3) is 0 Å². The number of likely N-dealkylation sites (tertiary alicyclic amines) is 2. The van der Waals surface area contributed by atoms with Gasteiger partial charge in [-0.05, 0) is 117 Å². The molecule has 0 aliphatic carbocycles. The number of Topliss-reactive ketones (excluding diaryl/α,β-unsaturated/α-hetero) is 1. The fourth-order valence-corrected chi connectivity index (χ4v) is 8.14. The minimum absolute atomic E-state index is 0.135. The fourth-order valence-electron chi connectivity index (χ4n) is 8.14. The van der Waals surface area contributed by atoms with E-state index in [1.807, 2.05) is 19.1 Å². The van der Waals surface area contributed by atoms with Crippen molar-refractivity contribution < 1.29 is 71.3 Å². The van der Waals surface area contributed by atoms with E-state index in [4.69, 9.17) is 47.4 Å². The minimum atomic E-state index is -0.943. The van der Waals surface area contributed by atoms with Crippen molar-refractivity contribution in [3.8, 4) is 23.0 Å². The Labute approximate surface area is 402 Å². The molecular weight excluding hydrogens is 881 g/mol. The lowest BCUT2D eigenvalue weighted by atomic mass is 9.88. The lowest BCUT2D eigenvalue weighted by Crippen LogP contribution is -2.45. The molecule has 0 radical (unpaired) electrons. The van der Waals surface area contributed by atoms with E-state index in [9.17, 15) is 24.0 Å². The maximum Gasteiger partial charge on any atom is 0.411 e. The Morgan fingerprint density at radius 2 is 0.971 bits per heavy atom. The highest BCUT2D eigenvalue weighted by Crippen LogP contribution is 2.48. The number of carbonyl (C=O) groups is 5. The van der Waals surface area contributed by atoms with Crippen molar-refractivity contribution in [3.63, 3.8) is 0 Å². The van der Waals surface area contributed by atoms with Gasteiger partial charge in [-0.15, -0.1) is 0 Å². The van der Waals surface area contributed by atoms with Crippen LogP contribution in [0.15, 0.2) is 48.6 Å². The standard InChI is InChI=1S/C26H39NO7.C25H37NO8/c1-9-32-24(28)20-16-19(17(2)3)23(27(20)25(29)34-26(4,5)6)18-11-12-21(31-8)22(15-18)33-14-10-13-30-7;1-8-32-23(28)19-15-18(16(2)27)22(26(19)24(29)34-25(3,4)5)17-10-11-20(31-7)21(14-17)33-13-9-12-30-6/h11-12,15,19-20,23H,2,9-10,13-14,16H2,1,3-8H3;10-11,14,18-19,22H,8-9,12-13,15H2,1-7H3/t19-,20-,23-;18-,19+,22+/m01/s1. The third kappa shape index (κ3) is 15.8. The van der Waals surface area contributed by atoms with E-state index in [2.05, 4.69) is 6.58 Å². The smallest absolute Gasteiger partial charge is 0.411 e. The van der Waals surface area contributed by atoms with Crippen molar-refractivity contribution >= 4 is 29.9 Å². The zero-order chi connectivity index (χ0) is 50.9. The second kappa shape index (κ2) is 26.3. The van der Waals surface area contributed by atoms with Crippen LogP contribution in [-0.4, -0.2) is 131 Å². The Bertz CT molecular complexity index is 1870. The number of methoxy groups -OCH3 is 4. The molecule has 0 bridgehead atoms. The first-order chi connectivity index (χ1) is 32.1. The van der Waals surface area contributed by atoms with Gasteiger partial charge < -0.3 is 47.4 Å². The quantitative estimate of drug-likeness (QED) is 0.0530. The highest BCUT2D eigenvalue weighted by Gasteiger charge is 2.52. The summed E-state index contributed by atoms with van der Waals surface area (Å²) in [5.41, 5.74) is 0.792. The van der Waals surface area contributed by atoms with Crippen LogP contribution in [0.2, 0.25) is 0 Å². The molecule has 2 saturated heterocycles. The highest BCUT2D eigenvalue weighted by molar-refractivity contribution is 5.88. The topological polar surface area (TPSA) is 184 Å². The van der Waals surface area contributed by atoms with Gasteiger partial charge in [0, 0.05) is 52.1 Å². The van der Waals surface area contributed by atoms with Gasteiger partial charge in [-0.3, -0.25) is 14.6 Å². The van der Waals surface area contributed by atoms with Gasteiger partial charge in [-0.25, -0.2) is 19.2 Å². The Morgan fingerprint density at radius 1 is 0.588 bits per heavy atom. The summed E-state index contributed by atoms with van der Waals surface area (Å²) in [6.45, 7) is 23.9. The van der Waals surface area contributed by atoms with Crippen molar-refractivity contribution in [2.75, 3.05) is 68.1 Å². The number of nitrogens with zero attached hydrogens (tertiary/aromatic N) is 2. The fraction of sp³-hybridized carbons (Fsp3) is 0.627. The molecule has 0 unspecified atom stereocenters. The Balaban J connectivity index is 0.000000360. The number of ketones is 1. The summed E-state index contributed by atoms with van der Waals surface area (Å²) >= 11 is 0. The zero-order valence-corrected chi connectivity index (χ0v) is 42.7. The van der Waals surface area contributed by atoms with Gasteiger partial charge in [0.2, 0.25) is 0 Å². The van der Waals surface area contributed by atoms with Gasteiger partial charge in [-0.1, -0.05) is 24.3 Å². The first-order valence-electron chi connectivity index (χ1n) is 23.2. The summed E-state index contributed by atoms with van der Waals surface area (Å²) in [5, 5.41) is 0. The number of esters is 2. The monoisotopic (exact) mass is 957 g/mol. The molecule has 0 N–H and O–H groups in total. The summed E-state index contributed by atoms with van der Waals surface area (Å²) in [7, 11) is 6.38. The van der Waals surface area contributed by atoms with Crippen molar-refractivity contribution in [1.29, 1.82) is 0 Å². The summed E-state index contributed by atoms with van der Waals surface area (Å²) < 4.78 is 54.8. The SMILES string of the molecule is C=C(C)[C@@H]1C[C@@H](C(=O)OCC)N(C(=O)OC(C)(C)C)[C@H]1c1ccc(OC)c(OCCCOC)c1.CCOC(=O)[C@@H]1C[C@H](C(C)=O)[C@H](c2ccc(OC)c(OCCCOC)c2)N1C(=O)OC(C)(C)C. The molecule has 2 amide bonds. The lowest BCUT2D eigenvalue weighted by Gasteiger charge is -2.33. The molecular formula is C51H76N2O15. The second-order valence-electron chi connectivity index (χ2n) is 18.6. The number of hydrogen-bond acceptors (Lipinski definition) is 15. The molecule has 0 saturated carbocycles. The van der Waals surface area contributed by atoms with Gasteiger partial charge in [0.1, 0.15) is 29.1 Å². The molecule has 0 spiro atoms. The van der Waals surface area contributed by atoms with Gasteiger partial charge in [0.05, 0.1) is 52.7 Å². The molecule has 17 nitrogen and oxygen atoms in total. The number of amides is 2. The average molecular weight is 957 g/mol. The van der Waals surface area contributed by atoms with Crippen LogP contribution in [0.3, 0.4) is 0 Å². The lowest BCUT2D eigenvalue weighted by molar-refractivity contribution is -0.149. The first kappa shape index (κ1) is 56.8. The maximum atomic E-state index is 13.4. The third-order valence-corrected chi connectivity index (χ3v) is 11.0. The first-order valence-corrected chi connectivity index (χ1v) is 23.2. The molecule has 2 heterocycles. The number of carbonyl (C=O) groups excluding carboxylic acids is 5. The van der Waals surface area contributed by atoms with Crippen LogP contribution in [0, 0.1) is 11.8 Å². The van der Waals surface area contributed by atoms with Crippen LogP contribution in [0.5, 0.6) is 23.0 Å². The molecule has 68 heavy (non-hydrogen) atoms. The van der Waals surface area contributed by atoms with Crippen molar-refractivity contribution in [3.05, 3.63) is 59.7 Å². The number of hydrogen-bond donors (Lipinski definition) is 0. The molecule has 4 rings (SSSR count). The summed E-state index contributed by atoms with van der Waals surface area (Å²) in [6, 6.07) is 7.86. The Morgan fingerprint density at radius 3 is 1.29 bits per heavy atom. The van der Waals surface area contributed by atoms with E-state index in [-0.39, 0.29) is 31.3 Å². The normalized spacial score (nSPS) is 20.1. The van der Waals surface area contributed by atoms with Crippen molar-refractivity contribution in [2.45, 2.75) is 130 Å². The van der Waals surface area contributed by atoms with Gasteiger partial charge >= 0.3 is 24.1 Å². The van der Waals surface area contributed by atoms with Crippen molar-refractivity contribution in [1.82, 2.24) is 9.80 Å². The molecule has 17 heteroatoms. The molecule has 2 aliphatic rings. The minimum Gasteiger partial charge on any atom is -0.493 e. The summed E-state index contributed by atoms with van der Waals surface area (Å²) in [4.78, 5) is 67.9. The van der Waals surface area contributed by atoms with Crippen molar-refractivity contribution in [2.24, 2.45) is 11.8 Å². The molecule has 6 atom stereocenters. The van der Waals surface area contributed by atoms with E-state index in [0.717, 1.165) is 17.6 Å². The molecule has 2 aliphatic heterocycles. The van der Waals surface area contributed by atoms with Crippen LogP contribution in [0.4, 0.5) is 9.59 Å². The number of benzene rings is 2. The largest absolute Gasteiger partial charge is 0.493 e. The predicted molar refractivity (Wildman–Crippen MR) is 254 cm³/mol. The van der Waals surface area contributed by atoms with E-state index in [0.29, 0.717) is 67.8 Å². The van der Waals surface area contributed by atoms with E-state index < -0.39 is 65.4 Å². The van der Waals surface area contributed by atoms with E-state index >= 15 is 0 Å². The second-order valence-corrected chi connectivity index (χ2v) is 18.6. The zero-order valence-electron chi connectivity index (χ0n) is 42.7. The number of rotatable bonds is 20. The van der Waals surface area contributed by atoms with Crippen LogP contribution in [-0.2, 0) is 42.8 Å². The highest BCUT2D eigenvalue weighted by atomic mass is 16.6. The van der Waals surface area contributed by atoms with Crippen LogP contribution < -0.4 is 18.9 Å². The van der Waals surface area contributed by atoms with E-state index in [1.54, 1.807) is 101 Å². The van der Waals surface area contributed by atoms with Gasteiger partial charge in [-0.2, -0.15) is 0 Å². The van der Waals surface area contributed by atoms with E-state index in [1.165, 1.54) is 23.8 Å². The molecule has 2 aromatic carbocycles. The molecule has 2 fully saturated rings. The molecule has 0 aromatic heterocycles. The molecule has 2 aromatic rings. The Kier molecular flexibility index (Phi) is 21.9. The Hall–Kier alpha value is -5.55. The maximum absolute atomic E-state index is 13.4. The van der Waals surface area contributed by atoms with Gasteiger partial charge in [0.15, 0.2) is 23.0 Å². The third-order valence-electron chi connectivity index (χ3n) is 11.0.